The summed E-state index contributed by atoms with van der Waals surface area (Å²) in [5.74, 6) is -1.00. The quantitative estimate of drug-likeness (QED) is 0.594. The second-order valence-electron chi connectivity index (χ2n) is 4.38. The minimum absolute atomic E-state index is 0.182. The highest BCUT2D eigenvalue weighted by atomic mass is 79.9. The van der Waals surface area contributed by atoms with Gasteiger partial charge in [0, 0.05) is 24.9 Å². The number of aromatic nitrogens is 2. The van der Waals surface area contributed by atoms with Crippen molar-refractivity contribution in [3.63, 3.8) is 0 Å². The number of nitrogens with one attached hydrogen (secondary N) is 1. The van der Waals surface area contributed by atoms with E-state index in [0.717, 1.165) is 22.2 Å². The predicted molar refractivity (Wildman–Crippen MR) is 88.9 cm³/mol. The molecule has 1 heterocycles. The van der Waals surface area contributed by atoms with Crippen molar-refractivity contribution in [1.29, 1.82) is 0 Å². The van der Waals surface area contributed by atoms with E-state index in [-0.39, 0.29) is 5.56 Å². The van der Waals surface area contributed by atoms with Crippen molar-refractivity contribution in [2.75, 3.05) is 0 Å². The Morgan fingerprint density at radius 1 is 1.19 bits per heavy atom. The fraction of sp³-hybridized carbons (Fsp3) is 0. The summed E-state index contributed by atoms with van der Waals surface area (Å²) >= 11 is 12.5. The summed E-state index contributed by atoms with van der Waals surface area (Å²) in [5, 5.41) is 17.9. The lowest BCUT2D eigenvalue weighted by Gasteiger charge is -2.06. The van der Waals surface area contributed by atoms with Gasteiger partial charge in [-0.05, 0) is 62.2 Å². The number of hydrogen-bond donors (Lipinski definition) is 2. The van der Waals surface area contributed by atoms with Crippen molar-refractivity contribution in [1.82, 2.24) is 10.2 Å². The van der Waals surface area contributed by atoms with Gasteiger partial charge in [0.2, 0.25) is 0 Å². The number of aromatic amines is 1. The first-order valence-corrected chi connectivity index (χ1v) is 7.80. The van der Waals surface area contributed by atoms with Crippen molar-refractivity contribution in [2.24, 2.45) is 0 Å². The third kappa shape index (κ3) is 2.59. The Labute approximate surface area is 141 Å². The average molecular weight is 430 g/mol. The maximum absolute atomic E-state index is 11.2. The van der Waals surface area contributed by atoms with E-state index in [1.807, 2.05) is 6.07 Å². The van der Waals surface area contributed by atoms with Gasteiger partial charge < -0.3 is 5.11 Å². The van der Waals surface area contributed by atoms with E-state index in [0.29, 0.717) is 14.0 Å². The topological polar surface area (TPSA) is 66.0 Å². The molecule has 0 radical (unpaired) electrons. The average Bonchev–Trinajstić information content (AvgIpc) is 2.80. The molecule has 0 saturated heterocycles. The molecule has 0 aliphatic rings. The Balaban J connectivity index is 2.22. The Morgan fingerprint density at radius 3 is 2.48 bits per heavy atom. The first-order chi connectivity index (χ1) is 9.97. The third-order valence-corrected chi connectivity index (χ3v) is 4.54. The highest BCUT2D eigenvalue weighted by Crippen LogP contribution is 2.34. The molecule has 0 aliphatic heterocycles. The zero-order valence-corrected chi connectivity index (χ0v) is 14.3. The van der Waals surface area contributed by atoms with Gasteiger partial charge in [-0.1, -0.05) is 11.6 Å². The third-order valence-electron chi connectivity index (χ3n) is 3.05. The van der Waals surface area contributed by atoms with Crippen LogP contribution in [0.4, 0.5) is 0 Å². The van der Waals surface area contributed by atoms with Crippen molar-refractivity contribution in [2.45, 2.75) is 0 Å². The molecule has 2 N–H and O–H groups in total. The normalized spacial score (nSPS) is 11.0. The zero-order chi connectivity index (χ0) is 15.1. The SMILES string of the molecule is O=C(O)c1c(Br)cc(-c2n[nH]c3cc(Cl)ccc23)cc1Br. The lowest BCUT2D eigenvalue weighted by molar-refractivity contribution is 0.0695. The van der Waals surface area contributed by atoms with E-state index in [1.54, 1.807) is 24.3 Å². The molecule has 106 valence electrons. The van der Waals surface area contributed by atoms with Crippen LogP contribution in [0.3, 0.4) is 0 Å². The number of fused-ring (bicyclic) bond motifs is 1. The largest absolute Gasteiger partial charge is 0.478 e. The van der Waals surface area contributed by atoms with Gasteiger partial charge in [-0.15, -0.1) is 0 Å². The fourth-order valence-electron chi connectivity index (χ4n) is 2.13. The van der Waals surface area contributed by atoms with Gasteiger partial charge in [-0.3, -0.25) is 5.10 Å². The van der Waals surface area contributed by atoms with Crippen LogP contribution >= 0.6 is 43.5 Å². The molecule has 0 aliphatic carbocycles. The fourth-order valence-corrected chi connectivity index (χ4v) is 3.82. The van der Waals surface area contributed by atoms with Crippen LogP contribution in [0.5, 0.6) is 0 Å². The molecule has 0 amide bonds. The van der Waals surface area contributed by atoms with Crippen LogP contribution in [0.2, 0.25) is 5.02 Å². The van der Waals surface area contributed by atoms with E-state index in [2.05, 4.69) is 42.1 Å². The molecule has 0 unspecified atom stereocenters. The maximum Gasteiger partial charge on any atom is 0.337 e. The second kappa shape index (κ2) is 5.44. The molecule has 7 heteroatoms. The van der Waals surface area contributed by atoms with Crippen molar-refractivity contribution in [3.8, 4) is 11.3 Å². The Morgan fingerprint density at radius 2 is 1.86 bits per heavy atom. The summed E-state index contributed by atoms with van der Waals surface area (Å²) in [4.78, 5) is 11.2. The van der Waals surface area contributed by atoms with Gasteiger partial charge in [0.15, 0.2) is 0 Å². The Bertz CT molecular complexity index is 854. The van der Waals surface area contributed by atoms with E-state index in [4.69, 9.17) is 11.6 Å². The number of H-pyrrole nitrogens is 1. The minimum Gasteiger partial charge on any atom is -0.478 e. The number of carbonyl (C=O) groups is 1. The van der Waals surface area contributed by atoms with Crippen LogP contribution in [-0.2, 0) is 0 Å². The van der Waals surface area contributed by atoms with Gasteiger partial charge in [-0.2, -0.15) is 5.10 Å². The second-order valence-corrected chi connectivity index (χ2v) is 6.53. The summed E-state index contributed by atoms with van der Waals surface area (Å²) in [6.07, 6.45) is 0. The van der Waals surface area contributed by atoms with Crippen molar-refractivity contribution >= 4 is 60.3 Å². The molecule has 0 fully saturated rings. The molecular formula is C14H7Br2ClN2O2. The molecule has 0 bridgehead atoms. The zero-order valence-electron chi connectivity index (χ0n) is 10.3. The molecule has 0 spiro atoms. The monoisotopic (exact) mass is 428 g/mol. The van der Waals surface area contributed by atoms with Gasteiger partial charge in [-0.25, -0.2) is 4.79 Å². The number of hydrogen-bond acceptors (Lipinski definition) is 2. The number of rotatable bonds is 2. The summed E-state index contributed by atoms with van der Waals surface area (Å²) in [6.45, 7) is 0. The lowest BCUT2D eigenvalue weighted by atomic mass is 10.1. The molecule has 4 nitrogen and oxygen atoms in total. The summed E-state index contributed by atoms with van der Waals surface area (Å²) in [7, 11) is 0. The molecule has 21 heavy (non-hydrogen) atoms. The van der Waals surface area contributed by atoms with Crippen LogP contribution in [0.25, 0.3) is 22.2 Å². The van der Waals surface area contributed by atoms with Crippen LogP contribution in [-0.4, -0.2) is 21.3 Å². The molecule has 2 aromatic carbocycles. The number of halogens is 3. The highest BCUT2D eigenvalue weighted by Gasteiger charge is 2.17. The number of carboxylic acid groups (broad SMARTS) is 1. The number of carboxylic acids is 1. The van der Waals surface area contributed by atoms with E-state index < -0.39 is 5.97 Å². The Hall–Kier alpha value is -1.37. The van der Waals surface area contributed by atoms with Crippen LogP contribution < -0.4 is 0 Å². The van der Waals surface area contributed by atoms with E-state index in [1.165, 1.54) is 0 Å². The van der Waals surface area contributed by atoms with Crippen LogP contribution in [0.15, 0.2) is 39.3 Å². The standard InChI is InChI=1S/C14H7Br2ClN2O2/c15-9-3-6(4-10(16)12(9)14(20)21)13-8-2-1-7(17)5-11(8)18-19-13/h1-5H,(H,18,19)(H,20,21). The maximum atomic E-state index is 11.2. The van der Waals surface area contributed by atoms with E-state index >= 15 is 0 Å². The van der Waals surface area contributed by atoms with Crippen LogP contribution in [0.1, 0.15) is 10.4 Å². The predicted octanol–water partition coefficient (Wildman–Crippen LogP) is 5.11. The molecule has 3 aromatic rings. The summed E-state index contributed by atoms with van der Waals surface area (Å²) in [5.41, 5.74) is 2.54. The van der Waals surface area contributed by atoms with Gasteiger partial charge in [0.1, 0.15) is 0 Å². The summed E-state index contributed by atoms with van der Waals surface area (Å²) < 4.78 is 0.981. The minimum atomic E-state index is -1.00. The molecular weight excluding hydrogens is 423 g/mol. The van der Waals surface area contributed by atoms with Crippen molar-refractivity contribution in [3.05, 3.63) is 49.9 Å². The molecule has 1 aromatic heterocycles. The van der Waals surface area contributed by atoms with Gasteiger partial charge in [0.05, 0.1) is 16.8 Å². The number of aromatic carboxylic acids is 1. The summed E-state index contributed by atoms with van der Waals surface area (Å²) in [6, 6.07) is 8.93. The van der Waals surface area contributed by atoms with Crippen molar-refractivity contribution < 1.29 is 9.90 Å². The first kappa shape index (κ1) is 14.6. The van der Waals surface area contributed by atoms with Gasteiger partial charge >= 0.3 is 5.97 Å². The first-order valence-electron chi connectivity index (χ1n) is 5.83. The molecule has 0 saturated carbocycles. The number of nitrogens with zero attached hydrogens (tertiary/aromatic N) is 1. The van der Waals surface area contributed by atoms with Gasteiger partial charge in [0.25, 0.3) is 0 Å². The van der Waals surface area contributed by atoms with Crippen LogP contribution in [0, 0.1) is 0 Å². The Kier molecular flexibility index (Phi) is 3.77. The smallest absolute Gasteiger partial charge is 0.337 e. The lowest BCUT2D eigenvalue weighted by Crippen LogP contribution is -1.99. The number of benzene rings is 2. The molecule has 0 atom stereocenters. The van der Waals surface area contributed by atoms with E-state index in [9.17, 15) is 9.90 Å². The highest BCUT2D eigenvalue weighted by molar-refractivity contribution is 9.11. The molecule has 3 rings (SSSR count).